The van der Waals surface area contributed by atoms with Gasteiger partial charge in [-0.15, -0.1) is 0 Å². The second-order valence-electron chi connectivity index (χ2n) is 6.02. The zero-order valence-electron chi connectivity index (χ0n) is 14.4. The van der Waals surface area contributed by atoms with Crippen molar-refractivity contribution >= 4 is 10.9 Å². The fourth-order valence-electron chi connectivity index (χ4n) is 2.85. The molecule has 26 heavy (non-hydrogen) atoms. The van der Waals surface area contributed by atoms with Crippen LogP contribution in [0, 0.1) is 12.7 Å². The Kier molecular flexibility index (Phi) is 4.05. The molecule has 0 bridgehead atoms. The minimum absolute atomic E-state index is 0.208. The Bertz CT molecular complexity index is 1110. The maximum Gasteiger partial charge on any atom is 0.178 e. The number of benzene rings is 2. The number of hydrogen-bond donors (Lipinski definition) is 0. The molecule has 2 aromatic carbocycles. The highest BCUT2D eigenvalue weighted by Crippen LogP contribution is 2.27. The lowest BCUT2D eigenvalue weighted by atomic mass is 10.1. The molecule has 0 aliphatic carbocycles. The predicted octanol–water partition coefficient (Wildman–Crippen LogP) is 4.81. The van der Waals surface area contributed by atoms with Gasteiger partial charge in [-0.2, -0.15) is 0 Å². The molecule has 128 valence electrons. The number of fused-ring (bicyclic) bond motifs is 1. The quantitative estimate of drug-likeness (QED) is 0.534. The second-order valence-corrected chi connectivity index (χ2v) is 6.02. The Morgan fingerprint density at radius 3 is 2.54 bits per heavy atom. The summed E-state index contributed by atoms with van der Waals surface area (Å²) in [5.74, 6) is 0.332. The van der Waals surface area contributed by atoms with E-state index >= 15 is 0 Å². The van der Waals surface area contributed by atoms with Crippen molar-refractivity contribution in [3.63, 3.8) is 0 Å². The largest absolute Gasteiger partial charge is 0.494 e. The molecule has 0 fully saturated rings. The first-order chi connectivity index (χ1) is 12.6. The number of hydrogen-bond acceptors (Lipinski definition) is 4. The molecule has 0 aliphatic rings. The predicted molar refractivity (Wildman–Crippen MR) is 99.5 cm³/mol. The zero-order valence-corrected chi connectivity index (χ0v) is 14.4. The van der Waals surface area contributed by atoms with Gasteiger partial charge in [-0.05, 0) is 48.9 Å². The van der Waals surface area contributed by atoms with E-state index in [0.29, 0.717) is 22.8 Å². The molecule has 4 aromatic rings. The van der Waals surface area contributed by atoms with Crippen LogP contribution < -0.4 is 4.74 Å². The third-order valence-corrected chi connectivity index (χ3v) is 4.14. The van der Waals surface area contributed by atoms with E-state index < -0.39 is 5.82 Å². The van der Waals surface area contributed by atoms with Crippen LogP contribution in [-0.4, -0.2) is 22.1 Å². The number of para-hydroxylation sites is 1. The Balaban J connectivity index is 1.81. The number of halogens is 1. The van der Waals surface area contributed by atoms with Crippen LogP contribution in [0.4, 0.5) is 4.39 Å². The van der Waals surface area contributed by atoms with E-state index in [1.54, 1.807) is 18.3 Å². The highest BCUT2D eigenvalue weighted by molar-refractivity contribution is 5.79. The van der Waals surface area contributed by atoms with Crippen LogP contribution in [-0.2, 0) is 0 Å². The summed E-state index contributed by atoms with van der Waals surface area (Å²) >= 11 is 0. The first-order valence-corrected chi connectivity index (χ1v) is 8.19. The Labute approximate surface area is 150 Å². The van der Waals surface area contributed by atoms with Gasteiger partial charge in [0.2, 0.25) is 0 Å². The molecule has 0 N–H and O–H groups in total. The monoisotopic (exact) mass is 345 g/mol. The van der Waals surface area contributed by atoms with E-state index in [4.69, 9.17) is 4.74 Å². The molecular weight excluding hydrogens is 329 g/mol. The Hall–Kier alpha value is -3.34. The number of nitrogens with zero attached hydrogens (tertiary/aromatic N) is 3. The van der Waals surface area contributed by atoms with Gasteiger partial charge in [0.25, 0.3) is 0 Å². The summed E-state index contributed by atoms with van der Waals surface area (Å²) in [5.41, 5.74) is 3.85. The Morgan fingerprint density at radius 1 is 0.923 bits per heavy atom. The van der Waals surface area contributed by atoms with Crippen LogP contribution >= 0.6 is 0 Å². The van der Waals surface area contributed by atoms with Gasteiger partial charge in [0.05, 0.1) is 18.3 Å². The van der Waals surface area contributed by atoms with Gasteiger partial charge < -0.3 is 4.74 Å². The molecular formula is C21H16FN3O. The summed E-state index contributed by atoms with van der Waals surface area (Å²) in [7, 11) is 1.44. The molecule has 5 heteroatoms. The molecule has 0 aliphatic heterocycles. The average molecular weight is 345 g/mol. The van der Waals surface area contributed by atoms with Crippen molar-refractivity contribution in [2.75, 3.05) is 7.11 Å². The SMILES string of the molecule is COc1ccc(-c2cc(C)cc(-c3ncc4ccccc4n3)n2)cc1F. The number of methoxy groups -OCH3 is 1. The zero-order chi connectivity index (χ0) is 18.1. The minimum Gasteiger partial charge on any atom is -0.494 e. The smallest absolute Gasteiger partial charge is 0.178 e. The van der Waals surface area contributed by atoms with Crippen molar-refractivity contribution in [3.05, 3.63) is 72.2 Å². The highest BCUT2D eigenvalue weighted by atomic mass is 19.1. The van der Waals surface area contributed by atoms with Gasteiger partial charge in [0.1, 0.15) is 5.69 Å². The number of pyridine rings is 1. The molecule has 0 saturated heterocycles. The van der Waals surface area contributed by atoms with Gasteiger partial charge in [-0.25, -0.2) is 19.3 Å². The van der Waals surface area contributed by atoms with Crippen LogP contribution in [0.1, 0.15) is 5.56 Å². The van der Waals surface area contributed by atoms with Gasteiger partial charge in [-0.3, -0.25) is 0 Å². The summed E-state index contributed by atoms with van der Waals surface area (Å²) in [4.78, 5) is 13.7. The van der Waals surface area contributed by atoms with E-state index in [-0.39, 0.29) is 5.75 Å². The molecule has 4 rings (SSSR count). The molecule has 0 radical (unpaired) electrons. The third-order valence-electron chi connectivity index (χ3n) is 4.14. The average Bonchev–Trinajstić information content (AvgIpc) is 2.67. The number of ether oxygens (including phenoxy) is 1. The van der Waals surface area contributed by atoms with Gasteiger partial charge in [0.15, 0.2) is 17.4 Å². The molecule has 0 saturated carbocycles. The molecule has 2 aromatic heterocycles. The molecule has 0 atom stereocenters. The molecule has 0 unspecified atom stereocenters. The van der Waals surface area contributed by atoms with Crippen molar-refractivity contribution in [2.45, 2.75) is 6.92 Å². The minimum atomic E-state index is -0.420. The second kappa shape index (κ2) is 6.52. The van der Waals surface area contributed by atoms with Crippen molar-refractivity contribution in [2.24, 2.45) is 0 Å². The van der Waals surface area contributed by atoms with Crippen molar-refractivity contribution in [1.29, 1.82) is 0 Å². The van der Waals surface area contributed by atoms with E-state index in [0.717, 1.165) is 16.5 Å². The summed E-state index contributed by atoms with van der Waals surface area (Å²) in [6.07, 6.45) is 1.79. The van der Waals surface area contributed by atoms with Crippen LogP contribution in [0.3, 0.4) is 0 Å². The lowest BCUT2D eigenvalue weighted by molar-refractivity contribution is 0.386. The van der Waals surface area contributed by atoms with Crippen LogP contribution in [0.2, 0.25) is 0 Å². The normalized spacial score (nSPS) is 10.9. The lowest BCUT2D eigenvalue weighted by Crippen LogP contribution is -1.96. The van der Waals surface area contributed by atoms with Gasteiger partial charge in [0, 0.05) is 17.1 Å². The summed E-state index contributed by atoms with van der Waals surface area (Å²) in [5, 5.41) is 0.973. The topological polar surface area (TPSA) is 47.9 Å². The fourth-order valence-corrected chi connectivity index (χ4v) is 2.85. The van der Waals surface area contributed by atoms with E-state index in [1.807, 2.05) is 43.3 Å². The van der Waals surface area contributed by atoms with E-state index in [2.05, 4.69) is 15.0 Å². The van der Waals surface area contributed by atoms with Crippen LogP contribution in [0.5, 0.6) is 5.75 Å². The first kappa shape index (κ1) is 16.1. The fraction of sp³-hybridized carbons (Fsp3) is 0.0952. The highest BCUT2D eigenvalue weighted by Gasteiger charge is 2.11. The summed E-state index contributed by atoms with van der Waals surface area (Å²) in [6.45, 7) is 1.97. The van der Waals surface area contributed by atoms with E-state index in [1.165, 1.54) is 13.2 Å². The van der Waals surface area contributed by atoms with Crippen LogP contribution in [0.25, 0.3) is 33.7 Å². The maximum absolute atomic E-state index is 14.1. The van der Waals surface area contributed by atoms with Crippen molar-refractivity contribution in [1.82, 2.24) is 15.0 Å². The molecule has 0 spiro atoms. The molecule has 2 heterocycles. The summed E-state index contributed by atoms with van der Waals surface area (Å²) < 4.78 is 19.0. The van der Waals surface area contributed by atoms with Crippen molar-refractivity contribution in [3.8, 4) is 28.5 Å². The standard InChI is InChI=1S/C21H16FN3O/c1-13-9-18(14-7-8-20(26-2)16(22)11-14)24-19(10-13)21-23-12-15-5-3-4-6-17(15)25-21/h3-12H,1-2H3. The number of rotatable bonds is 3. The number of aryl methyl sites for hydroxylation is 1. The Morgan fingerprint density at radius 2 is 1.73 bits per heavy atom. The van der Waals surface area contributed by atoms with Crippen molar-refractivity contribution < 1.29 is 9.13 Å². The van der Waals surface area contributed by atoms with E-state index in [9.17, 15) is 4.39 Å². The summed E-state index contributed by atoms with van der Waals surface area (Å²) in [6, 6.07) is 16.4. The van der Waals surface area contributed by atoms with Gasteiger partial charge in [-0.1, -0.05) is 18.2 Å². The molecule has 4 nitrogen and oxygen atoms in total. The van der Waals surface area contributed by atoms with Gasteiger partial charge >= 0.3 is 0 Å². The maximum atomic E-state index is 14.1. The third kappa shape index (κ3) is 2.99. The molecule has 0 amide bonds. The van der Waals surface area contributed by atoms with Crippen LogP contribution in [0.15, 0.2) is 60.8 Å². The lowest BCUT2D eigenvalue weighted by Gasteiger charge is -2.08. The first-order valence-electron chi connectivity index (χ1n) is 8.19. The number of aromatic nitrogens is 3.